The summed E-state index contributed by atoms with van der Waals surface area (Å²) in [6.45, 7) is 2.13. The third kappa shape index (κ3) is 4.57. The van der Waals surface area contributed by atoms with E-state index in [1.54, 1.807) is 0 Å². The Morgan fingerprint density at radius 1 is 0.750 bits per heavy atom. The third-order valence-electron chi connectivity index (χ3n) is 4.55. The largest absolute Gasteiger partial charge is 2.00 e. The van der Waals surface area contributed by atoms with E-state index in [9.17, 15) is 0 Å². The molecule has 138 valence electrons. The van der Waals surface area contributed by atoms with Crippen LogP contribution in [0.3, 0.4) is 0 Å². The topological polar surface area (TPSA) is 0 Å². The standard InChI is InChI=1S/C27H20.Pd/c1-21-17-18-25(26(19-21)23-13-7-3-8-14-23)27(24-15-9-4-10-16-24)20-22-11-5-2-6-12-22;/h2-13,15-19H,1H3;/q-2;+2. The van der Waals surface area contributed by atoms with Gasteiger partial charge >= 0.3 is 20.4 Å². The summed E-state index contributed by atoms with van der Waals surface area (Å²) in [7, 11) is 0. The first-order valence-electron chi connectivity index (χ1n) is 9.14. The second-order valence-electron chi connectivity index (χ2n) is 6.56. The quantitative estimate of drug-likeness (QED) is 0.183. The first-order chi connectivity index (χ1) is 13.3. The van der Waals surface area contributed by atoms with E-state index in [2.05, 4.69) is 85.8 Å². The van der Waals surface area contributed by atoms with Gasteiger partial charge in [-0.3, -0.25) is 0 Å². The molecule has 0 heterocycles. The van der Waals surface area contributed by atoms with Gasteiger partial charge < -0.3 is 0 Å². The minimum Gasteiger partial charge on any atom is -0.150 e. The van der Waals surface area contributed by atoms with Gasteiger partial charge in [0.15, 0.2) is 0 Å². The van der Waals surface area contributed by atoms with Crippen molar-refractivity contribution in [2.75, 3.05) is 0 Å². The van der Waals surface area contributed by atoms with Crippen LogP contribution in [0.5, 0.6) is 0 Å². The summed E-state index contributed by atoms with van der Waals surface area (Å²) in [6.07, 6.45) is 3.64. The van der Waals surface area contributed by atoms with E-state index in [0.29, 0.717) is 0 Å². The van der Waals surface area contributed by atoms with Crippen LogP contribution in [0.2, 0.25) is 0 Å². The number of hydrogen-bond donors (Lipinski definition) is 0. The molecule has 0 nitrogen and oxygen atoms in total. The predicted molar refractivity (Wildman–Crippen MR) is 113 cm³/mol. The number of rotatable bonds is 4. The molecule has 4 rings (SSSR count). The van der Waals surface area contributed by atoms with Gasteiger partial charge in [-0.15, -0.1) is 76.9 Å². The molecular weight excluding hydrogens is 431 g/mol. The van der Waals surface area contributed by atoms with Crippen LogP contribution in [-0.4, -0.2) is 0 Å². The van der Waals surface area contributed by atoms with Gasteiger partial charge in [-0.25, -0.2) is 0 Å². The summed E-state index contributed by atoms with van der Waals surface area (Å²) in [6, 6.07) is 38.9. The van der Waals surface area contributed by atoms with Crippen molar-refractivity contribution in [2.45, 2.75) is 6.92 Å². The summed E-state index contributed by atoms with van der Waals surface area (Å²) < 4.78 is 0. The summed E-state index contributed by atoms with van der Waals surface area (Å²) in [5.41, 5.74) is 7.99. The van der Waals surface area contributed by atoms with Gasteiger partial charge in [0, 0.05) is 0 Å². The van der Waals surface area contributed by atoms with Crippen molar-refractivity contribution in [3.63, 3.8) is 0 Å². The molecular formula is C27H20Pd. The van der Waals surface area contributed by atoms with Crippen LogP contribution in [0.15, 0.2) is 103 Å². The molecule has 0 aromatic heterocycles. The van der Waals surface area contributed by atoms with E-state index in [-0.39, 0.29) is 20.4 Å². The van der Waals surface area contributed by atoms with Crippen LogP contribution in [-0.2, 0) is 20.4 Å². The molecule has 0 amide bonds. The van der Waals surface area contributed by atoms with Gasteiger partial charge in [-0.2, -0.15) is 5.56 Å². The maximum absolute atomic E-state index is 3.64. The molecule has 0 unspecified atom stereocenters. The van der Waals surface area contributed by atoms with Gasteiger partial charge in [-0.05, 0) is 6.92 Å². The first-order valence-corrected chi connectivity index (χ1v) is 9.14. The Kier molecular flexibility index (Phi) is 6.77. The molecule has 28 heavy (non-hydrogen) atoms. The fourth-order valence-corrected chi connectivity index (χ4v) is 3.23. The minimum absolute atomic E-state index is 0. The SMILES string of the molecule is Cc1ccc(C(=[C-]c2ccccc2)c2ccccc2)c(-c2[c-]cccc2)c1.[Pd+2]. The molecule has 0 saturated carbocycles. The maximum Gasteiger partial charge on any atom is 2.00 e. The summed E-state index contributed by atoms with van der Waals surface area (Å²) in [5, 5.41) is 0. The number of aryl methyl sites for hydroxylation is 1. The Bertz CT molecular complexity index is 1050. The molecule has 0 saturated heterocycles. The fraction of sp³-hybridized carbons (Fsp3) is 0.0370. The summed E-state index contributed by atoms with van der Waals surface area (Å²) in [5.74, 6) is 0. The van der Waals surface area contributed by atoms with Gasteiger partial charge in [-0.1, -0.05) is 71.8 Å². The molecule has 0 spiro atoms. The molecule has 0 fully saturated rings. The zero-order chi connectivity index (χ0) is 18.5. The predicted octanol–water partition coefficient (Wildman–Crippen LogP) is 6.74. The molecule has 0 atom stereocenters. The zero-order valence-electron chi connectivity index (χ0n) is 15.6. The van der Waals surface area contributed by atoms with Gasteiger partial charge in [0.2, 0.25) is 0 Å². The van der Waals surface area contributed by atoms with Crippen molar-refractivity contribution in [1.29, 1.82) is 0 Å². The Labute approximate surface area is 181 Å². The molecule has 0 N–H and O–H groups in total. The molecule has 1 heteroatoms. The average molecular weight is 451 g/mol. The van der Waals surface area contributed by atoms with E-state index >= 15 is 0 Å². The fourth-order valence-electron chi connectivity index (χ4n) is 3.23. The second-order valence-corrected chi connectivity index (χ2v) is 6.56. The van der Waals surface area contributed by atoms with Crippen molar-refractivity contribution in [3.05, 3.63) is 138 Å². The van der Waals surface area contributed by atoms with E-state index in [0.717, 1.165) is 27.8 Å². The second kappa shape index (κ2) is 9.47. The summed E-state index contributed by atoms with van der Waals surface area (Å²) >= 11 is 0. The minimum atomic E-state index is 0. The Morgan fingerprint density at radius 3 is 2.11 bits per heavy atom. The Morgan fingerprint density at radius 2 is 1.43 bits per heavy atom. The number of benzene rings is 4. The molecule has 0 radical (unpaired) electrons. The van der Waals surface area contributed by atoms with E-state index in [1.165, 1.54) is 11.1 Å². The third-order valence-corrected chi connectivity index (χ3v) is 4.55. The normalized spacial score (nSPS) is 11.0. The van der Waals surface area contributed by atoms with Crippen molar-refractivity contribution < 1.29 is 20.4 Å². The molecule has 4 aromatic rings. The Hall–Kier alpha value is -2.72. The van der Waals surface area contributed by atoms with Crippen molar-refractivity contribution in [1.82, 2.24) is 0 Å². The van der Waals surface area contributed by atoms with Gasteiger partial charge in [0.25, 0.3) is 0 Å². The van der Waals surface area contributed by atoms with E-state index in [4.69, 9.17) is 0 Å². The van der Waals surface area contributed by atoms with Gasteiger partial charge in [0.05, 0.1) is 0 Å². The Balaban J connectivity index is 0.00000225. The molecule has 0 aliphatic heterocycles. The zero-order valence-corrected chi connectivity index (χ0v) is 17.2. The summed E-state index contributed by atoms with van der Waals surface area (Å²) in [4.78, 5) is 0. The van der Waals surface area contributed by atoms with E-state index in [1.807, 2.05) is 36.4 Å². The first kappa shape index (κ1) is 20.0. The van der Waals surface area contributed by atoms with Crippen LogP contribution in [0.1, 0.15) is 22.3 Å². The van der Waals surface area contributed by atoms with Crippen molar-refractivity contribution in [2.24, 2.45) is 0 Å². The number of hydrogen-bond acceptors (Lipinski definition) is 0. The molecule has 0 bridgehead atoms. The average Bonchev–Trinajstić information content (AvgIpc) is 2.74. The van der Waals surface area contributed by atoms with Gasteiger partial charge in [0.1, 0.15) is 0 Å². The smallest absolute Gasteiger partial charge is 0.150 e. The van der Waals surface area contributed by atoms with Crippen LogP contribution in [0, 0.1) is 19.1 Å². The molecule has 4 aromatic carbocycles. The maximum atomic E-state index is 3.64. The van der Waals surface area contributed by atoms with Crippen molar-refractivity contribution in [3.8, 4) is 11.1 Å². The monoisotopic (exact) mass is 450 g/mol. The van der Waals surface area contributed by atoms with Crippen LogP contribution in [0.4, 0.5) is 0 Å². The molecule has 0 aliphatic carbocycles. The van der Waals surface area contributed by atoms with E-state index < -0.39 is 0 Å². The van der Waals surface area contributed by atoms with Crippen LogP contribution < -0.4 is 0 Å². The van der Waals surface area contributed by atoms with Crippen LogP contribution in [0.25, 0.3) is 16.7 Å². The van der Waals surface area contributed by atoms with Crippen molar-refractivity contribution >= 4 is 5.57 Å². The molecule has 0 aliphatic rings. The van der Waals surface area contributed by atoms with Crippen LogP contribution >= 0.6 is 0 Å².